The van der Waals surface area contributed by atoms with Crippen LogP contribution in [0.2, 0.25) is 0 Å². The van der Waals surface area contributed by atoms with Gasteiger partial charge < -0.3 is 24.5 Å². The molecule has 0 spiro atoms. The summed E-state index contributed by atoms with van der Waals surface area (Å²) in [7, 11) is 0. The summed E-state index contributed by atoms with van der Waals surface area (Å²) in [5.41, 5.74) is 2.24. The lowest BCUT2D eigenvalue weighted by atomic mass is 10.1. The first-order valence-electron chi connectivity index (χ1n) is 13.0. The molecule has 2 atom stereocenters. The molecule has 11 nitrogen and oxygen atoms in total. The zero-order valence-corrected chi connectivity index (χ0v) is 21.8. The van der Waals surface area contributed by atoms with E-state index in [1.165, 1.54) is 6.20 Å². The Hall–Kier alpha value is -4.43. The lowest BCUT2D eigenvalue weighted by molar-refractivity contribution is 0.0564. The Balaban J connectivity index is 1.23. The molecule has 2 aliphatic rings. The molecule has 202 valence electrons. The average Bonchev–Trinajstić information content (AvgIpc) is 3.45. The number of benzene rings is 1. The summed E-state index contributed by atoms with van der Waals surface area (Å²) >= 11 is 0. The zero-order valence-electron chi connectivity index (χ0n) is 21.8. The third kappa shape index (κ3) is 5.56. The second-order valence-corrected chi connectivity index (χ2v) is 9.84. The van der Waals surface area contributed by atoms with Crippen molar-refractivity contribution in [1.29, 1.82) is 5.26 Å². The van der Waals surface area contributed by atoms with E-state index in [9.17, 15) is 14.7 Å². The number of aliphatic hydroxyl groups excluding tert-OH is 1. The number of piperazine rings is 1. The number of pyridine rings is 1. The van der Waals surface area contributed by atoms with Crippen LogP contribution in [0.1, 0.15) is 34.3 Å². The number of carbonyl (C=O) groups excluding carboxylic acids is 1. The van der Waals surface area contributed by atoms with Crippen molar-refractivity contribution in [3.8, 4) is 11.8 Å². The number of hydrogen-bond acceptors (Lipinski definition) is 9. The van der Waals surface area contributed by atoms with Crippen molar-refractivity contribution in [2.45, 2.75) is 31.8 Å². The second kappa shape index (κ2) is 11.5. The van der Waals surface area contributed by atoms with E-state index in [0.717, 1.165) is 25.1 Å². The Morgan fingerprint density at radius 1 is 1.21 bits per heavy atom. The number of hydrogen-bond donors (Lipinski definition) is 2. The number of aliphatic hydroxyl groups is 1. The summed E-state index contributed by atoms with van der Waals surface area (Å²) in [5.74, 6) is 1.14. The van der Waals surface area contributed by atoms with Crippen molar-refractivity contribution in [2.24, 2.45) is 0 Å². The number of H-pyrrole nitrogens is 1. The number of nitrogens with one attached hydrogen (secondary N) is 1. The molecule has 2 fully saturated rings. The van der Waals surface area contributed by atoms with Gasteiger partial charge in [0.05, 0.1) is 36.1 Å². The maximum atomic E-state index is 13.5. The summed E-state index contributed by atoms with van der Waals surface area (Å²) in [6.45, 7) is 4.28. The van der Waals surface area contributed by atoms with Gasteiger partial charge in [-0.25, -0.2) is 10.1 Å². The van der Waals surface area contributed by atoms with E-state index in [0.29, 0.717) is 54.5 Å². The first kappa shape index (κ1) is 26.2. The number of nitrogens with zero attached hydrogens (tertiary/aromatic N) is 6. The predicted molar refractivity (Wildman–Crippen MR) is 145 cm³/mol. The van der Waals surface area contributed by atoms with Crippen molar-refractivity contribution < 1.29 is 14.6 Å². The van der Waals surface area contributed by atoms with Gasteiger partial charge in [0.25, 0.3) is 11.5 Å². The minimum absolute atomic E-state index is 0.0920. The molecule has 2 saturated heterocycles. The number of nitriles is 1. The molecule has 5 rings (SSSR count). The van der Waals surface area contributed by atoms with Gasteiger partial charge in [0.1, 0.15) is 24.2 Å². The van der Waals surface area contributed by atoms with Gasteiger partial charge in [-0.05, 0) is 50.1 Å². The summed E-state index contributed by atoms with van der Waals surface area (Å²) in [5, 5.41) is 25.5. The predicted octanol–water partition coefficient (Wildman–Crippen LogP) is 1.72. The minimum Gasteiger partial charge on any atom is -0.491 e. The summed E-state index contributed by atoms with van der Waals surface area (Å²) < 4.78 is 6.13. The minimum atomic E-state index is -0.397. The Labute approximate surface area is 226 Å². The van der Waals surface area contributed by atoms with Crippen LogP contribution in [0.25, 0.3) is 0 Å². The molecular weight excluding hydrogens is 498 g/mol. The van der Waals surface area contributed by atoms with Gasteiger partial charge in [-0.1, -0.05) is 6.07 Å². The van der Waals surface area contributed by atoms with Crippen LogP contribution >= 0.6 is 0 Å². The van der Waals surface area contributed by atoms with Gasteiger partial charge in [0, 0.05) is 43.5 Å². The van der Waals surface area contributed by atoms with Crippen LogP contribution in [0, 0.1) is 18.3 Å². The number of aromatic amines is 1. The van der Waals surface area contributed by atoms with Crippen LogP contribution < -0.4 is 20.1 Å². The van der Waals surface area contributed by atoms with Crippen LogP contribution in [0.3, 0.4) is 0 Å². The van der Waals surface area contributed by atoms with Gasteiger partial charge in [-0.3, -0.25) is 9.59 Å². The van der Waals surface area contributed by atoms with Crippen molar-refractivity contribution in [1.82, 2.24) is 20.1 Å². The molecule has 0 aliphatic carbocycles. The standard InChI is InChI=1S/C28H31N7O4/c1-19-25(15-31-32-27(19)37)34-9-3-5-22(34)18-39-24-6-2-4-21(12-24)28(38)35-11-10-33(16-23(35)17-36)26-8-7-20(13-29)14-30-26/h2,4,6-8,12,14-15,22-23,36H,3,5,9-11,16-18H2,1H3,(H,32,37)/t22-,23?/m0/s1. The maximum absolute atomic E-state index is 13.5. The lowest BCUT2D eigenvalue weighted by Crippen LogP contribution is -2.57. The monoisotopic (exact) mass is 529 g/mol. The Morgan fingerprint density at radius 2 is 2.08 bits per heavy atom. The Kier molecular flexibility index (Phi) is 7.74. The molecule has 1 amide bonds. The Morgan fingerprint density at radius 3 is 2.85 bits per heavy atom. The zero-order chi connectivity index (χ0) is 27.4. The van der Waals surface area contributed by atoms with Crippen LogP contribution in [-0.4, -0.2) is 82.6 Å². The number of aromatic nitrogens is 3. The van der Waals surface area contributed by atoms with Gasteiger partial charge in [0.2, 0.25) is 0 Å². The topological polar surface area (TPSA) is 139 Å². The Bertz CT molecular complexity index is 1420. The van der Waals surface area contributed by atoms with Crippen molar-refractivity contribution in [3.05, 3.63) is 75.8 Å². The van der Waals surface area contributed by atoms with E-state index in [4.69, 9.17) is 10.00 Å². The van der Waals surface area contributed by atoms with Crippen LogP contribution in [0.5, 0.6) is 5.75 Å². The highest BCUT2D eigenvalue weighted by Crippen LogP contribution is 2.27. The third-order valence-corrected chi connectivity index (χ3v) is 7.44. The number of amides is 1. The highest BCUT2D eigenvalue weighted by Gasteiger charge is 2.32. The number of anilines is 2. The van der Waals surface area contributed by atoms with Crippen molar-refractivity contribution in [2.75, 3.05) is 49.2 Å². The first-order valence-corrected chi connectivity index (χ1v) is 13.0. The number of carbonyl (C=O) groups is 1. The summed E-state index contributed by atoms with van der Waals surface area (Å²) in [6, 6.07) is 12.4. The summed E-state index contributed by atoms with van der Waals surface area (Å²) in [6.07, 6.45) is 5.13. The van der Waals surface area contributed by atoms with E-state index in [1.807, 2.05) is 11.0 Å². The number of ether oxygens (including phenoxy) is 1. The van der Waals surface area contributed by atoms with E-state index >= 15 is 0 Å². The lowest BCUT2D eigenvalue weighted by Gasteiger charge is -2.41. The molecule has 2 aromatic heterocycles. The maximum Gasteiger partial charge on any atom is 0.269 e. The molecule has 0 radical (unpaired) electrons. The third-order valence-electron chi connectivity index (χ3n) is 7.44. The van der Waals surface area contributed by atoms with Gasteiger partial charge in [-0.2, -0.15) is 10.4 Å². The molecular formula is C28H31N7O4. The highest BCUT2D eigenvalue weighted by molar-refractivity contribution is 5.95. The molecule has 0 saturated carbocycles. The fraction of sp³-hybridized carbons (Fsp3) is 0.393. The fourth-order valence-electron chi connectivity index (χ4n) is 5.27. The van der Waals surface area contributed by atoms with E-state index in [-0.39, 0.29) is 24.1 Å². The van der Waals surface area contributed by atoms with E-state index in [2.05, 4.69) is 26.2 Å². The smallest absolute Gasteiger partial charge is 0.269 e. The van der Waals surface area contributed by atoms with E-state index < -0.39 is 6.04 Å². The molecule has 4 heterocycles. The highest BCUT2D eigenvalue weighted by atomic mass is 16.5. The average molecular weight is 530 g/mol. The van der Waals surface area contributed by atoms with Gasteiger partial charge >= 0.3 is 0 Å². The molecule has 1 aromatic carbocycles. The normalized spacial score (nSPS) is 19.2. The van der Waals surface area contributed by atoms with Crippen LogP contribution in [-0.2, 0) is 0 Å². The van der Waals surface area contributed by atoms with Crippen LogP contribution in [0.15, 0.2) is 53.6 Å². The van der Waals surface area contributed by atoms with Crippen molar-refractivity contribution >= 4 is 17.4 Å². The second-order valence-electron chi connectivity index (χ2n) is 9.84. The molecule has 2 aliphatic heterocycles. The molecule has 2 N–H and O–H groups in total. The largest absolute Gasteiger partial charge is 0.491 e. The molecule has 0 bridgehead atoms. The van der Waals surface area contributed by atoms with Gasteiger partial charge in [0.15, 0.2) is 0 Å². The molecule has 1 unspecified atom stereocenters. The molecule has 3 aromatic rings. The van der Waals surface area contributed by atoms with Crippen LogP contribution in [0.4, 0.5) is 11.5 Å². The first-order chi connectivity index (χ1) is 19.0. The summed E-state index contributed by atoms with van der Waals surface area (Å²) in [4.78, 5) is 35.7. The quantitative estimate of drug-likeness (QED) is 0.468. The van der Waals surface area contributed by atoms with E-state index in [1.54, 1.807) is 48.4 Å². The number of rotatable bonds is 7. The van der Waals surface area contributed by atoms with Crippen molar-refractivity contribution in [3.63, 3.8) is 0 Å². The molecule has 39 heavy (non-hydrogen) atoms. The van der Waals surface area contributed by atoms with Gasteiger partial charge in [-0.15, -0.1) is 0 Å². The molecule has 11 heteroatoms. The SMILES string of the molecule is Cc1c(N2CCC[C@H]2COc2cccc(C(=O)N3CCN(c4ccc(C#N)cn4)CC3CO)c2)cn[nH]c1=O. The fourth-order valence-corrected chi connectivity index (χ4v) is 5.27.